The summed E-state index contributed by atoms with van der Waals surface area (Å²) in [4.78, 5) is 45.5. The third-order valence-electron chi connectivity index (χ3n) is 8.82. The number of hydrogen-bond donors (Lipinski definition) is 4. The van der Waals surface area contributed by atoms with Crippen LogP contribution >= 0.6 is 14.6 Å². The fourth-order valence-electron chi connectivity index (χ4n) is 6.71. The Morgan fingerprint density at radius 2 is 1.83 bits per heavy atom. The number of nitrogens with two attached hydrogens (primary N) is 1. The van der Waals surface area contributed by atoms with E-state index in [1.807, 2.05) is 0 Å². The molecule has 4 aromatic heterocycles. The molecule has 19 nitrogen and oxygen atoms in total. The maximum atomic E-state index is 16.0. The van der Waals surface area contributed by atoms with Crippen LogP contribution < -0.4 is 40.9 Å². The number of aliphatic hydroxyl groups excluding tert-OH is 1. The number of aromatic amines is 1. The van der Waals surface area contributed by atoms with Gasteiger partial charge in [-0.3, -0.25) is 23.0 Å². The van der Waals surface area contributed by atoms with E-state index in [0.717, 1.165) is 17.2 Å². The normalized spacial score (nSPS) is 40.8. The van der Waals surface area contributed by atoms with Gasteiger partial charge in [0.25, 0.3) is 5.56 Å². The number of halogens is 1. The van der Waals surface area contributed by atoms with Crippen LogP contribution in [-0.4, -0.2) is 92.8 Å². The number of fused-ring (bicyclic) bond motifs is 3. The maximum absolute atomic E-state index is 16.0. The van der Waals surface area contributed by atoms with Crippen molar-refractivity contribution in [2.24, 2.45) is 11.3 Å². The average Bonchev–Trinajstić information content (AvgIpc) is 3.27. The minimum atomic E-state index is -5.01. The fourth-order valence-corrected chi connectivity index (χ4v) is 9.19. The smallest absolute Gasteiger partial charge is 0.660 e. The first-order chi connectivity index (χ1) is 21.4. The fraction of sp³-hybridized carbons (Fsp3) is 0.545. The quantitative estimate of drug-likeness (QED) is 0.0937. The molecule has 5 N–H and O–H groups in total. The molecule has 0 amide bonds. The molecule has 46 heavy (non-hydrogen) atoms. The molecule has 11 atom stereocenters. The molecule has 2 saturated carbocycles. The largest absolute Gasteiger partial charge is 1.00 e. The number of aliphatic hydroxyl groups is 1. The molecular formula is C22H23FN9NaO10P2S. The van der Waals surface area contributed by atoms with Crippen molar-refractivity contribution in [1.82, 2.24) is 39.0 Å². The second-order valence-corrected chi connectivity index (χ2v) is 15.4. The number of nitrogen functional groups attached to an aromatic ring is 1. The van der Waals surface area contributed by atoms with Crippen molar-refractivity contribution in [1.29, 1.82) is 0 Å². The molecule has 2 saturated heterocycles. The SMILES string of the molecule is Nc1ncnc2c1ncn2[C@H]1[C@H](O)[C@@H]2OP(=O)([S-])OC[C@H]3O[C@@H](n4cnc5c(=O)[nH]cnc54)[C@H](F)[C@@H]3OP(=O)(O)OCC23C[C@H]13.[Na+]. The number of hydrogen-bond acceptors (Lipinski definition) is 16. The molecule has 240 valence electrons. The molecule has 1 spiro atoms. The summed E-state index contributed by atoms with van der Waals surface area (Å²) in [5, 5.41) is 11.5. The maximum Gasteiger partial charge on any atom is 1.00 e. The van der Waals surface area contributed by atoms with E-state index in [2.05, 4.69) is 29.9 Å². The summed E-state index contributed by atoms with van der Waals surface area (Å²) >= 11 is 5.17. The zero-order valence-electron chi connectivity index (χ0n) is 23.6. The van der Waals surface area contributed by atoms with Gasteiger partial charge in [-0.15, -0.1) is 0 Å². The second-order valence-electron chi connectivity index (χ2n) is 11.3. The van der Waals surface area contributed by atoms with Gasteiger partial charge in [-0.25, -0.2) is 33.9 Å². The molecule has 24 heteroatoms. The molecule has 6 heterocycles. The van der Waals surface area contributed by atoms with E-state index < -0.39 is 87.6 Å². The van der Waals surface area contributed by atoms with Gasteiger partial charge in [0.1, 0.15) is 36.3 Å². The van der Waals surface area contributed by atoms with Crippen LogP contribution in [0, 0.1) is 11.3 Å². The summed E-state index contributed by atoms with van der Waals surface area (Å²) in [6.07, 6.45) is -4.44. The molecule has 0 aromatic carbocycles. The van der Waals surface area contributed by atoms with Crippen LogP contribution in [0.2, 0.25) is 0 Å². The summed E-state index contributed by atoms with van der Waals surface area (Å²) in [7, 11) is -5.01. The van der Waals surface area contributed by atoms with Gasteiger partial charge in [0.05, 0.1) is 38.2 Å². The van der Waals surface area contributed by atoms with E-state index in [-0.39, 0.29) is 53.0 Å². The van der Waals surface area contributed by atoms with E-state index in [0.29, 0.717) is 11.2 Å². The van der Waals surface area contributed by atoms with Crippen LogP contribution in [0.5, 0.6) is 0 Å². The Balaban J connectivity index is 0.00000338. The molecular weight excluding hydrogens is 686 g/mol. The number of rotatable bonds is 2. The van der Waals surface area contributed by atoms with Gasteiger partial charge in [-0.1, -0.05) is 0 Å². The summed E-state index contributed by atoms with van der Waals surface area (Å²) in [6, 6.07) is -0.762. The standard InChI is InChI=1S/C22H24FN9O10P2S.Na/c23-10-15-9(40-21(10)32-7-30-12-19(32)27-5-28-20(12)34)2-38-44(37,45)42-16-14(33)13(8-1-22(8,16)3-39-43(35,36)41-15)31-6-29-11-17(24)25-4-26-18(11)31;/h4-10,13-16,21,33H,1-3H2,(H,35,36)(H,37,45)(H2,24,25,26)(H,27,28,34);/q;+1/p-1/t8-,9-,10-,13-,14+,15-,16+,21-,22?,44?;/m1./s1. The van der Waals surface area contributed by atoms with Crippen molar-refractivity contribution in [3.63, 3.8) is 0 Å². The Kier molecular flexibility index (Phi) is 8.08. The Labute approximate surface area is 284 Å². The first-order valence-corrected chi connectivity index (χ1v) is 17.5. The van der Waals surface area contributed by atoms with Crippen molar-refractivity contribution >= 4 is 55.0 Å². The minimum absolute atomic E-state index is 0. The number of phosphoric ester groups is 1. The monoisotopic (exact) mass is 709 g/mol. The molecule has 0 bridgehead atoms. The van der Waals surface area contributed by atoms with Gasteiger partial charge in [-0.05, 0) is 12.3 Å². The van der Waals surface area contributed by atoms with Crippen molar-refractivity contribution < 1.29 is 75.9 Å². The predicted molar refractivity (Wildman–Crippen MR) is 149 cm³/mol. The molecule has 8 rings (SSSR count). The number of anilines is 1. The number of aromatic nitrogens is 8. The zero-order valence-corrected chi connectivity index (χ0v) is 28.2. The number of nitrogens with zero attached hydrogens (tertiary/aromatic N) is 7. The summed E-state index contributed by atoms with van der Waals surface area (Å²) in [5.41, 5.74) is 4.67. The van der Waals surface area contributed by atoms with Gasteiger partial charge in [0.15, 0.2) is 41.8 Å². The van der Waals surface area contributed by atoms with Gasteiger partial charge >= 0.3 is 37.4 Å². The Morgan fingerprint density at radius 1 is 1.09 bits per heavy atom. The third kappa shape index (κ3) is 5.12. The van der Waals surface area contributed by atoms with E-state index in [1.54, 1.807) is 4.57 Å². The number of H-pyrrole nitrogens is 1. The first-order valence-electron chi connectivity index (χ1n) is 13.5. The summed E-state index contributed by atoms with van der Waals surface area (Å²) in [6.45, 7) is -5.63. The van der Waals surface area contributed by atoms with Gasteiger partial charge in [0, 0.05) is 5.41 Å². The average molecular weight is 709 g/mol. The van der Waals surface area contributed by atoms with Gasteiger partial charge in [0.2, 0.25) is 0 Å². The molecule has 3 unspecified atom stereocenters. The topological polar surface area (TPSA) is 254 Å². The molecule has 2 aliphatic heterocycles. The van der Waals surface area contributed by atoms with Crippen molar-refractivity contribution in [3.05, 3.63) is 35.7 Å². The number of phosphoric acid groups is 1. The van der Waals surface area contributed by atoms with Gasteiger partial charge in [-0.2, -0.15) is 0 Å². The molecule has 4 aliphatic rings. The molecule has 4 fully saturated rings. The number of nitrogens with one attached hydrogen (secondary N) is 1. The number of ether oxygens (including phenoxy) is 1. The van der Waals surface area contributed by atoms with Gasteiger partial charge < -0.3 is 51.3 Å². The van der Waals surface area contributed by atoms with Crippen LogP contribution in [0.25, 0.3) is 22.3 Å². The molecule has 4 aromatic rings. The van der Waals surface area contributed by atoms with Crippen molar-refractivity contribution in [2.45, 2.75) is 49.3 Å². The summed E-state index contributed by atoms with van der Waals surface area (Å²) < 4.78 is 73.0. The predicted octanol–water partition coefficient (Wildman–Crippen LogP) is -2.72. The van der Waals surface area contributed by atoms with Crippen LogP contribution in [0.3, 0.4) is 0 Å². The van der Waals surface area contributed by atoms with Crippen LogP contribution in [0.1, 0.15) is 18.7 Å². The molecule has 2 aliphatic carbocycles. The first kappa shape index (κ1) is 32.7. The minimum Gasteiger partial charge on any atom is -0.660 e. The van der Waals surface area contributed by atoms with Crippen LogP contribution in [0.4, 0.5) is 10.2 Å². The summed E-state index contributed by atoms with van der Waals surface area (Å²) in [5.74, 6) is -0.327. The van der Waals surface area contributed by atoms with E-state index in [1.165, 1.54) is 12.7 Å². The van der Waals surface area contributed by atoms with Crippen molar-refractivity contribution in [2.75, 3.05) is 18.9 Å². The molecule has 0 radical (unpaired) electrons. The Bertz CT molecular complexity index is 2000. The van der Waals surface area contributed by atoms with E-state index in [9.17, 15) is 23.9 Å². The van der Waals surface area contributed by atoms with E-state index >= 15 is 4.39 Å². The van der Waals surface area contributed by atoms with E-state index in [4.69, 9.17) is 40.8 Å². The van der Waals surface area contributed by atoms with Crippen LogP contribution in [0.15, 0.2) is 30.1 Å². The second kappa shape index (κ2) is 11.4. The Morgan fingerprint density at radius 3 is 2.63 bits per heavy atom. The zero-order chi connectivity index (χ0) is 31.5. The van der Waals surface area contributed by atoms with Crippen molar-refractivity contribution in [3.8, 4) is 0 Å². The third-order valence-corrected chi connectivity index (χ3v) is 11.3. The van der Waals surface area contributed by atoms with Crippen LogP contribution in [-0.2, 0) is 44.2 Å². The number of imidazole rings is 2. The Hall–Kier alpha value is -1.84. The number of alkyl halides is 1.